The number of thiazole rings is 1. The molecule has 0 amide bonds. The Kier molecular flexibility index (Phi) is 3.50. The van der Waals surface area contributed by atoms with Crippen molar-refractivity contribution in [2.75, 3.05) is 0 Å². The highest BCUT2D eigenvalue weighted by Gasteiger charge is 2.19. The van der Waals surface area contributed by atoms with Crippen LogP contribution in [0.2, 0.25) is 0 Å². The van der Waals surface area contributed by atoms with Crippen LogP contribution in [0.5, 0.6) is 0 Å². The van der Waals surface area contributed by atoms with E-state index in [0.717, 1.165) is 24.3 Å². The molecule has 1 aliphatic carbocycles. The molecule has 0 aromatic carbocycles. The van der Waals surface area contributed by atoms with Crippen molar-refractivity contribution < 1.29 is 4.74 Å². The summed E-state index contributed by atoms with van der Waals surface area (Å²) < 4.78 is 5.77. The molecular weight excluding hydrogens is 196 g/mol. The molecule has 14 heavy (non-hydrogen) atoms. The molecule has 0 spiro atoms. The van der Waals surface area contributed by atoms with Gasteiger partial charge in [-0.2, -0.15) is 0 Å². The molecule has 0 saturated heterocycles. The SMILES string of the molecule is NC1CCCC(OCc2nccs2)C1. The Labute approximate surface area is 88.3 Å². The summed E-state index contributed by atoms with van der Waals surface area (Å²) in [6, 6.07) is 0.338. The van der Waals surface area contributed by atoms with Gasteiger partial charge in [0.25, 0.3) is 0 Å². The van der Waals surface area contributed by atoms with E-state index in [9.17, 15) is 0 Å². The van der Waals surface area contributed by atoms with E-state index in [0.29, 0.717) is 18.8 Å². The van der Waals surface area contributed by atoms with Crippen LogP contribution in [-0.4, -0.2) is 17.1 Å². The summed E-state index contributed by atoms with van der Waals surface area (Å²) in [6.07, 6.45) is 6.67. The van der Waals surface area contributed by atoms with Gasteiger partial charge in [-0.15, -0.1) is 11.3 Å². The summed E-state index contributed by atoms with van der Waals surface area (Å²) in [5.74, 6) is 0. The van der Waals surface area contributed by atoms with Crippen molar-refractivity contribution in [3.8, 4) is 0 Å². The number of aromatic nitrogens is 1. The maximum Gasteiger partial charge on any atom is 0.118 e. The van der Waals surface area contributed by atoms with Crippen LogP contribution < -0.4 is 5.73 Å². The van der Waals surface area contributed by atoms with Crippen molar-refractivity contribution in [1.82, 2.24) is 4.98 Å². The van der Waals surface area contributed by atoms with Gasteiger partial charge in [0.1, 0.15) is 5.01 Å². The van der Waals surface area contributed by atoms with E-state index in [2.05, 4.69) is 4.98 Å². The van der Waals surface area contributed by atoms with Crippen LogP contribution in [0, 0.1) is 0 Å². The fraction of sp³-hybridized carbons (Fsp3) is 0.700. The first-order valence-electron chi connectivity index (χ1n) is 5.10. The molecule has 2 N–H and O–H groups in total. The van der Waals surface area contributed by atoms with Gasteiger partial charge in [-0.3, -0.25) is 0 Å². The highest BCUT2D eigenvalue weighted by molar-refractivity contribution is 7.09. The molecule has 1 aliphatic rings. The van der Waals surface area contributed by atoms with Crippen molar-refractivity contribution >= 4 is 11.3 Å². The van der Waals surface area contributed by atoms with Crippen molar-refractivity contribution in [3.05, 3.63) is 16.6 Å². The molecule has 1 aromatic heterocycles. The normalized spacial score (nSPS) is 27.8. The topological polar surface area (TPSA) is 48.1 Å². The highest BCUT2D eigenvalue weighted by Crippen LogP contribution is 2.21. The van der Waals surface area contributed by atoms with Crippen molar-refractivity contribution in [2.24, 2.45) is 5.73 Å². The van der Waals surface area contributed by atoms with Gasteiger partial charge in [0, 0.05) is 17.6 Å². The zero-order valence-electron chi connectivity index (χ0n) is 8.19. The number of rotatable bonds is 3. The predicted octanol–water partition coefficient (Wildman–Crippen LogP) is 1.93. The lowest BCUT2D eigenvalue weighted by Crippen LogP contribution is -2.32. The molecule has 2 atom stereocenters. The van der Waals surface area contributed by atoms with Gasteiger partial charge in [0.15, 0.2) is 0 Å². The van der Waals surface area contributed by atoms with Gasteiger partial charge >= 0.3 is 0 Å². The van der Waals surface area contributed by atoms with Crippen LogP contribution in [0.1, 0.15) is 30.7 Å². The maximum atomic E-state index is 5.88. The van der Waals surface area contributed by atoms with E-state index in [1.54, 1.807) is 11.3 Å². The summed E-state index contributed by atoms with van der Waals surface area (Å²) >= 11 is 1.64. The summed E-state index contributed by atoms with van der Waals surface area (Å²) in [4.78, 5) is 4.18. The van der Waals surface area contributed by atoms with Gasteiger partial charge in [-0.05, 0) is 25.7 Å². The van der Waals surface area contributed by atoms with Gasteiger partial charge in [-0.25, -0.2) is 4.98 Å². The molecule has 4 heteroatoms. The molecule has 1 aromatic rings. The third-order valence-corrected chi connectivity index (χ3v) is 3.35. The summed E-state index contributed by atoms with van der Waals surface area (Å²) in [5.41, 5.74) is 5.88. The largest absolute Gasteiger partial charge is 0.371 e. The number of nitrogens with zero attached hydrogens (tertiary/aromatic N) is 1. The predicted molar refractivity (Wildman–Crippen MR) is 57.1 cm³/mol. The third kappa shape index (κ3) is 2.77. The molecule has 0 radical (unpaired) electrons. The van der Waals surface area contributed by atoms with Crippen molar-refractivity contribution in [1.29, 1.82) is 0 Å². The molecule has 1 fully saturated rings. The van der Waals surface area contributed by atoms with Crippen LogP contribution in [0.3, 0.4) is 0 Å². The molecule has 3 nitrogen and oxygen atoms in total. The smallest absolute Gasteiger partial charge is 0.118 e. The van der Waals surface area contributed by atoms with E-state index in [-0.39, 0.29) is 0 Å². The lowest BCUT2D eigenvalue weighted by Gasteiger charge is -2.26. The van der Waals surface area contributed by atoms with E-state index >= 15 is 0 Å². The van der Waals surface area contributed by atoms with Crippen LogP contribution in [0.25, 0.3) is 0 Å². The number of nitrogens with two attached hydrogens (primary N) is 1. The highest BCUT2D eigenvalue weighted by atomic mass is 32.1. The van der Waals surface area contributed by atoms with Crippen LogP contribution in [0.4, 0.5) is 0 Å². The summed E-state index contributed by atoms with van der Waals surface area (Å²) in [7, 11) is 0. The monoisotopic (exact) mass is 212 g/mol. The minimum Gasteiger partial charge on any atom is -0.371 e. The Bertz CT molecular complexity index is 263. The lowest BCUT2D eigenvalue weighted by molar-refractivity contribution is 0.0122. The molecule has 1 saturated carbocycles. The van der Waals surface area contributed by atoms with Crippen LogP contribution >= 0.6 is 11.3 Å². The third-order valence-electron chi connectivity index (χ3n) is 2.59. The van der Waals surface area contributed by atoms with E-state index in [4.69, 9.17) is 10.5 Å². The van der Waals surface area contributed by atoms with Gasteiger partial charge in [0.2, 0.25) is 0 Å². The number of hydrogen-bond donors (Lipinski definition) is 1. The van der Waals surface area contributed by atoms with Crippen molar-refractivity contribution in [2.45, 2.75) is 44.4 Å². The van der Waals surface area contributed by atoms with Gasteiger partial charge < -0.3 is 10.5 Å². The average Bonchev–Trinajstić information content (AvgIpc) is 2.67. The first kappa shape index (κ1) is 10.1. The summed E-state index contributed by atoms with van der Waals surface area (Å²) in [6.45, 7) is 0.648. The first-order valence-corrected chi connectivity index (χ1v) is 5.98. The Hall–Kier alpha value is -0.450. The molecule has 78 valence electrons. The molecular formula is C10H16N2OS. The number of hydrogen-bond acceptors (Lipinski definition) is 4. The minimum atomic E-state index is 0.338. The fourth-order valence-corrected chi connectivity index (χ4v) is 2.38. The quantitative estimate of drug-likeness (QED) is 0.832. The standard InChI is InChI=1S/C10H16N2OS/c11-8-2-1-3-9(6-8)13-7-10-12-4-5-14-10/h4-5,8-9H,1-3,6-7,11H2. The van der Waals surface area contributed by atoms with E-state index < -0.39 is 0 Å². The molecule has 2 rings (SSSR count). The second-order valence-electron chi connectivity index (χ2n) is 3.79. The van der Waals surface area contributed by atoms with Crippen LogP contribution in [0.15, 0.2) is 11.6 Å². The first-order chi connectivity index (χ1) is 6.84. The van der Waals surface area contributed by atoms with E-state index in [1.165, 1.54) is 6.42 Å². The zero-order valence-corrected chi connectivity index (χ0v) is 9.00. The van der Waals surface area contributed by atoms with Crippen molar-refractivity contribution in [3.63, 3.8) is 0 Å². The maximum absolute atomic E-state index is 5.88. The second-order valence-corrected chi connectivity index (χ2v) is 4.76. The molecule has 0 aliphatic heterocycles. The minimum absolute atomic E-state index is 0.338. The second kappa shape index (κ2) is 4.87. The van der Waals surface area contributed by atoms with Gasteiger partial charge in [0.05, 0.1) is 12.7 Å². The molecule has 2 unspecified atom stereocenters. The Morgan fingerprint density at radius 1 is 1.57 bits per heavy atom. The summed E-state index contributed by atoms with van der Waals surface area (Å²) in [5, 5.41) is 3.04. The Morgan fingerprint density at radius 3 is 3.21 bits per heavy atom. The fourth-order valence-electron chi connectivity index (χ4n) is 1.85. The molecule has 0 bridgehead atoms. The molecule has 1 heterocycles. The van der Waals surface area contributed by atoms with E-state index in [1.807, 2.05) is 11.6 Å². The lowest BCUT2D eigenvalue weighted by atomic mass is 9.94. The average molecular weight is 212 g/mol. The van der Waals surface area contributed by atoms with Gasteiger partial charge in [-0.1, -0.05) is 0 Å². The van der Waals surface area contributed by atoms with Crippen LogP contribution in [-0.2, 0) is 11.3 Å². The Morgan fingerprint density at radius 2 is 2.50 bits per heavy atom. The number of ether oxygens (including phenoxy) is 1. The Balaban J connectivity index is 1.75. The zero-order chi connectivity index (χ0) is 9.80.